The van der Waals surface area contributed by atoms with Gasteiger partial charge in [-0.25, -0.2) is 0 Å². The summed E-state index contributed by atoms with van der Waals surface area (Å²) in [5.41, 5.74) is 8.12. The number of aromatic nitrogens is 2. The maximum Gasteiger partial charge on any atom is 0.120 e. The van der Waals surface area contributed by atoms with Gasteiger partial charge in [-0.2, -0.15) is 0 Å². The van der Waals surface area contributed by atoms with E-state index < -0.39 is 8.07 Å². The van der Waals surface area contributed by atoms with Crippen molar-refractivity contribution in [1.82, 2.24) is 9.97 Å². The van der Waals surface area contributed by atoms with Gasteiger partial charge in [0, 0.05) is 37.9 Å². The third-order valence-electron chi connectivity index (χ3n) is 6.29. The summed E-state index contributed by atoms with van der Waals surface area (Å²) in [5.74, 6) is 0. The van der Waals surface area contributed by atoms with E-state index in [0.29, 0.717) is 0 Å². The van der Waals surface area contributed by atoms with Crippen molar-refractivity contribution in [1.29, 1.82) is 0 Å². The van der Waals surface area contributed by atoms with Crippen molar-refractivity contribution in [2.24, 2.45) is 0 Å². The predicted octanol–water partition coefficient (Wildman–Crippen LogP) is 8.16. The number of rotatable bonds is 3. The van der Waals surface area contributed by atoms with Gasteiger partial charge in [0.2, 0.25) is 0 Å². The summed E-state index contributed by atoms with van der Waals surface area (Å²) >= 11 is 0. The van der Waals surface area contributed by atoms with Crippen molar-refractivity contribution < 1.29 is 24.5 Å². The molecular formula is C33H30IrN2OSi-2. The van der Waals surface area contributed by atoms with Crippen LogP contribution in [-0.4, -0.2) is 18.0 Å². The van der Waals surface area contributed by atoms with Gasteiger partial charge in [-0.05, 0) is 36.0 Å². The first-order valence-corrected chi connectivity index (χ1v) is 16.0. The van der Waals surface area contributed by atoms with Gasteiger partial charge in [0.05, 0.1) is 13.7 Å². The third kappa shape index (κ3) is 6.02. The van der Waals surface area contributed by atoms with Crippen LogP contribution >= 0.6 is 0 Å². The summed E-state index contributed by atoms with van der Waals surface area (Å²) in [4.78, 5) is 8.86. The standard InChI is InChI=1S/C20H18NOSi.C13H12N.Ir/c1-23(2,3)14-12-16-15-8-4-5-10-19(15)22-20(16)17(13-14)18-9-6-7-11-21-18;1-10-3-6-12(7-4-10)13-8-5-11(2)9-14-13;/h4-12H,1-3H3;3-6,8-9H,1-2H3;/q2*-1;. The molecule has 5 heteroatoms. The fourth-order valence-corrected chi connectivity index (χ4v) is 5.23. The number of fused-ring (bicyclic) bond motifs is 3. The summed E-state index contributed by atoms with van der Waals surface area (Å²) in [6.45, 7) is 11.1. The second-order valence-corrected chi connectivity index (χ2v) is 15.4. The van der Waals surface area contributed by atoms with Crippen molar-refractivity contribution in [2.45, 2.75) is 33.5 Å². The van der Waals surface area contributed by atoms with Crippen LogP contribution in [0.2, 0.25) is 19.6 Å². The molecule has 6 rings (SSSR count). The van der Waals surface area contributed by atoms with Gasteiger partial charge in [-0.15, -0.1) is 52.7 Å². The van der Waals surface area contributed by atoms with E-state index in [1.807, 2.05) is 67.8 Å². The van der Waals surface area contributed by atoms with Crippen LogP contribution in [0.5, 0.6) is 0 Å². The number of hydrogen-bond donors (Lipinski definition) is 0. The van der Waals surface area contributed by atoms with Gasteiger partial charge in [0.1, 0.15) is 5.58 Å². The topological polar surface area (TPSA) is 38.9 Å². The minimum Gasteiger partial charge on any atom is -0.501 e. The first kappa shape index (κ1) is 27.7. The first-order valence-electron chi connectivity index (χ1n) is 12.5. The molecule has 38 heavy (non-hydrogen) atoms. The third-order valence-corrected chi connectivity index (χ3v) is 8.18. The fraction of sp³-hybridized carbons (Fsp3) is 0.152. The Morgan fingerprint density at radius 3 is 2.18 bits per heavy atom. The van der Waals surface area contributed by atoms with Crippen LogP contribution in [0.25, 0.3) is 44.5 Å². The molecule has 0 bridgehead atoms. The zero-order valence-electron chi connectivity index (χ0n) is 22.3. The Labute approximate surface area is 239 Å². The van der Waals surface area contributed by atoms with Crippen molar-refractivity contribution in [3.63, 3.8) is 0 Å². The van der Waals surface area contributed by atoms with E-state index in [1.165, 1.54) is 16.3 Å². The van der Waals surface area contributed by atoms with Crippen LogP contribution in [0, 0.1) is 26.0 Å². The molecule has 6 aromatic rings. The van der Waals surface area contributed by atoms with Gasteiger partial charge in [0.15, 0.2) is 0 Å². The fourth-order valence-electron chi connectivity index (χ4n) is 4.15. The van der Waals surface area contributed by atoms with Crippen molar-refractivity contribution >= 4 is 35.2 Å². The molecule has 0 saturated carbocycles. The van der Waals surface area contributed by atoms with Gasteiger partial charge in [0.25, 0.3) is 0 Å². The number of nitrogens with zero attached hydrogens (tertiary/aromatic N) is 2. The minimum atomic E-state index is -1.50. The molecule has 0 amide bonds. The molecule has 3 aromatic carbocycles. The van der Waals surface area contributed by atoms with Gasteiger partial charge in [-0.3, -0.25) is 0 Å². The van der Waals surface area contributed by atoms with E-state index in [2.05, 4.69) is 79.0 Å². The van der Waals surface area contributed by atoms with Crippen LogP contribution in [0.3, 0.4) is 0 Å². The number of hydrogen-bond acceptors (Lipinski definition) is 3. The summed E-state index contributed by atoms with van der Waals surface area (Å²) < 4.78 is 6.15. The molecule has 3 aromatic heterocycles. The molecule has 0 unspecified atom stereocenters. The average Bonchev–Trinajstić information content (AvgIpc) is 3.28. The molecule has 193 valence electrons. The maximum absolute atomic E-state index is 6.15. The Hall–Kier alpha value is -3.37. The molecule has 0 N–H and O–H groups in total. The first-order chi connectivity index (χ1) is 17.8. The normalized spacial score (nSPS) is 11.1. The SMILES string of the molecule is C[Si](C)(C)c1[c-]c(-c2ccccn2)c2oc3ccccc3c2c1.Cc1c[c-]c(-c2ccc(C)cn2)cc1.[Ir]. The smallest absolute Gasteiger partial charge is 0.120 e. The van der Waals surface area contributed by atoms with E-state index >= 15 is 0 Å². The largest absolute Gasteiger partial charge is 0.501 e. The van der Waals surface area contributed by atoms with Crippen molar-refractivity contribution in [3.8, 4) is 22.5 Å². The number of pyridine rings is 2. The maximum atomic E-state index is 6.15. The summed E-state index contributed by atoms with van der Waals surface area (Å²) in [6, 6.07) is 33.4. The van der Waals surface area contributed by atoms with E-state index in [1.54, 1.807) is 0 Å². The number of aryl methyl sites for hydroxylation is 2. The zero-order valence-corrected chi connectivity index (χ0v) is 25.7. The molecule has 0 aliphatic heterocycles. The molecule has 0 spiro atoms. The van der Waals surface area contributed by atoms with E-state index in [-0.39, 0.29) is 20.1 Å². The molecule has 3 heterocycles. The second-order valence-electron chi connectivity index (χ2n) is 10.4. The number of benzene rings is 3. The van der Waals surface area contributed by atoms with Crippen molar-refractivity contribution in [2.75, 3.05) is 0 Å². The quantitative estimate of drug-likeness (QED) is 0.139. The molecular weight excluding hydrogens is 661 g/mol. The molecule has 1 radical (unpaired) electrons. The van der Waals surface area contributed by atoms with Crippen molar-refractivity contribution in [3.05, 3.63) is 115 Å². The van der Waals surface area contributed by atoms with E-state index in [9.17, 15) is 0 Å². The van der Waals surface area contributed by atoms with Crippen LogP contribution in [0.1, 0.15) is 11.1 Å². The van der Waals surface area contributed by atoms with Gasteiger partial charge in [-0.1, -0.05) is 80.0 Å². The Bertz CT molecular complexity index is 1610. The average molecular weight is 691 g/mol. The Kier molecular flexibility index (Phi) is 8.42. The Morgan fingerprint density at radius 2 is 1.53 bits per heavy atom. The van der Waals surface area contributed by atoms with Gasteiger partial charge < -0.3 is 14.4 Å². The van der Waals surface area contributed by atoms with E-state index in [0.717, 1.165) is 44.5 Å². The summed E-state index contributed by atoms with van der Waals surface area (Å²) in [7, 11) is -1.50. The molecule has 0 aliphatic rings. The summed E-state index contributed by atoms with van der Waals surface area (Å²) in [6.07, 6.45) is 3.70. The van der Waals surface area contributed by atoms with E-state index in [4.69, 9.17) is 4.42 Å². The van der Waals surface area contributed by atoms with Crippen LogP contribution < -0.4 is 5.19 Å². The van der Waals surface area contributed by atoms with Gasteiger partial charge >= 0.3 is 0 Å². The molecule has 0 aliphatic carbocycles. The Morgan fingerprint density at radius 1 is 0.763 bits per heavy atom. The molecule has 3 nitrogen and oxygen atoms in total. The molecule has 0 atom stereocenters. The molecule has 0 fully saturated rings. The predicted molar refractivity (Wildman–Crippen MR) is 157 cm³/mol. The van der Waals surface area contributed by atoms with Crippen LogP contribution in [0.4, 0.5) is 0 Å². The minimum absolute atomic E-state index is 0. The van der Waals surface area contributed by atoms with Crippen LogP contribution in [-0.2, 0) is 20.1 Å². The number of para-hydroxylation sites is 1. The second kappa shape index (κ2) is 11.6. The molecule has 0 saturated heterocycles. The zero-order chi connectivity index (χ0) is 26.0. The Balaban J connectivity index is 0.000000193. The monoisotopic (exact) mass is 691 g/mol. The number of furan rings is 1. The summed E-state index contributed by atoms with van der Waals surface area (Å²) in [5, 5.41) is 3.63. The van der Waals surface area contributed by atoms with Crippen LogP contribution in [0.15, 0.2) is 95.7 Å².